The number of allylic oxidation sites excluding steroid dienone is 26. The average molecular weight is 1760 g/mol. The fourth-order valence-corrected chi connectivity index (χ4v) is 15.3. The Bertz CT molecular complexity index is 2870. The maximum absolute atomic E-state index is 13.1. The van der Waals surface area contributed by atoms with E-state index in [-0.39, 0.29) is 19.3 Å². The van der Waals surface area contributed by atoms with Crippen LogP contribution in [0.1, 0.15) is 432 Å². The van der Waals surface area contributed by atoms with Crippen LogP contribution in [0.15, 0.2) is 158 Å². The SMILES string of the molecule is CC/C=C\C/C=C\C/C=C\C/C=C\C/C=C\CCCCCCCCCCCCCCCCCCCCCC(=O)OCC(O)COP(=O)(O)OCC(O)COP(=O)(O)OCC(COC(=O)CCCCCCCCCCCCCCC/C=C\C/C=C\C/C=C\C/C=C\CCCCC)OC(=O)CCCCCCCCC/C=C\C/C=C\C/C=C\C/C=C\CCCCC. The van der Waals surface area contributed by atoms with Crippen molar-refractivity contribution >= 4 is 33.6 Å². The van der Waals surface area contributed by atoms with E-state index in [2.05, 4.69) is 179 Å². The molecule has 0 aromatic rings. The summed E-state index contributed by atoms with van der Waals surface area (Å²) in [6.07, 6.45) is 124. The number of phosphoric acid groups is 2. The van der Waals surface area contributed by atoms with Gasteiger partial charge in [-0.3, -0.25) is 32.5 Å². The summed E-state index contributed by atoms with van der Waals surface area (Å²) in [6, 6.07) is 0. The Kier molecular flexibility index (Phi) is 92.5. The maximum atomic E-state index is 13.1. The highest BCUT2D eigenvalue weighted by Crippen LogP contribution is 2.45. The summed E-state index contributed by atoms with van der Waals surface area (Å²) in [6.45, 7) is 2.57. The molecule has 0 bridgehead atoms. The molecule has 0 aliphatic rings. The van der Waals surface area contributed by atoms with Gasteiger partial charge in [-0.2, -0.15) is 0 Å². The number of esters is 3. The molecule has 18 heteroatoms. The van der Waals surface area contributed by atoms with Crippen molar-refractivity contribution in [3.63, 3.8) is 0 Å². The fraction of sp³-hybridized carbons (Fsp3) is 0.724. The summed E-state index contributed by atoms with van der Waals surface area (Å²) in [5.41, 5.74) is 0. The largest absolute Gasteiger partial charge is 0.472 e. The van der Waals surface area contributed by atoms with Crippen LogP contribution in [0, 0.1) is 0 Å². The molecule has 5 atom stereocenters. The van der Waals surface area contributed by atoms with Crippen LogP contribution in [0.4, 0.5) is 0 Å². The van der Waals surface area contributed by atoms with Gasteiger partial charge in [-0.25, -0.2) is 9.13 Å². The lowest BCUT2D eigenvalue weighted by atomic mass is 10.0. The molecule has 0 aromatic carbocycles. The van der Waals surface area contributed by atoms with Crippen LogP contribution in [-0.4, -0.2) is 95.9 Å². The maximum Gasteiger partial charge on any atom is 0.472 e. The average Bonchev–Trinajstić information content (AvgIpc) is 0.890. The number of aliphatic hydroxyl groups is 2. The second-order valence-electron chi connectivity index (χ2n) is 33.2. The number of ether oxygens (including phenoxy) is 3. The van der Waals surface area contributed by atoms with E-state index in [0.717, 1.165) is 167 Å². The van der Waals surface area contributed by atoms with E-state index in [1.807, 2.05) is 0 Å². The normalized spacial score (nSPS) is 14.4. The predicted molar refractivity (Wildman–Crippen MR) is 519 cm³/mol. The first kappa shape index (κ1) is 118. The third-order valence-electron chi connectivity index (χ3n) is 21.2. The summed E-state index contributed by atoms with van der Waals surface area (Å²) in [7, 11) is -9.82. The number of hydrogen-bond acceptors (Lipinski definition) is 14. The predicted octanol–water partition coefficient (Wildman–Crippen LogP) is 31.2. The molecule has 0 aromatic heterocycles. The highest BCUT2D eigenvalue weighted by atomic mass is 31.2. The van der Waals surface area contributed by atoms with Gasteiger partial charge in [0.1, 0.15) is 25.4 Å². The molecule has 16 nitrogen and oxygen atoms in total. The van der Waals surface area contributed by atoms with Gasteiger partial charge in [0.2, 0.25) is 0 Å². The van der Waals surface area contributed by atoms with E-state index in [0.29, 0.717) is 19.3 Å². The van der Waals surface area contributed by atoms with Crippen LogP contribution >= 0.6 is 15.6 Å². The van der Waals surface area contributed by atoms with Gasteiger partial charge in [0, 0.05) is 19.3 Å². The second kappa shape index (κ2) is 96.3. The van der Waals surface area contributed by atoms with Crippen LogP contribution < -0.4 is 0 Å². The van der Waals surface area contributed by atoms with E-state index in [9.17, 15) is 43.5 Å². The van der Waals surface area contributed by atoms with E-state index < -0.39 is 91.5 Å². The minimum absolute atomic E-state index is 0.0899. The van der Waals surface area contributed by atoms with Gasteiger partial charge in [-0.05, 0) is 154 Å². The van der Waals surface area contributed by atoms with Crippen molar-refractivity contribution in [1.29, 1.82) is 0 Å². The molecule has 0 heterocycles. The van der Waals surface area contributed by atoms with Crippen molar-refractivity contribution < 1.29 is 75.8 Å². The summed E-state index contributed by atoms with van der Waals surface area (Å²) < 4.78 is 61.6. The molecule has 708 valence electrons. The van der Waals surface area contributed by atoms with Crippen molar-refractivity contribution in [2.45, 2.75) is 450 Å². The Balaban J connectivity index is 4.55. The number of hydrogen-bond donors (Lipinski definition) is 4. The first-order valence-electron chi connectivity index (χ1n) is 49.8. The van der Waals surface area contributed by atoms with E-state index in [1.165, 1.54) is 205 Å². The lowest BCUT2D eigenvalue weighted by Crippen LogP contribution is -2.30. The Morgan fingerprint density at radius 2 is 0.431 bits per heavy atom. The molecule has 4 N–H and O–H groups in total. The van der Waals surface area contributed by atoms with Crippen molar-refractivity contribution in [3.8, 4) is 0 Å². The molecule has 0 saturated heterocycles. The standard InChI is InChI=1S/C105H182O16P2/c1-4-7-10-13-16-19-22-25-28-31-34-37-40-42-44-46-47-48-49-50-51-53-55-56-59-61-64-67-70-73-76-79-82-85-88-91-103(108)115-94-100(106)95-117-122(111,112)118-96-101(107)97-119-123(113,114)120-99-102(121-105(110)93-90-87-84-81-78-75-72-69-66-63-58-39-36-33-30-27-24-21-18-15-12-9-6-3)98-116-104(109)92-89-86-83-80-77-74-71-68-65-62-60-57-54-52-45-43-41-38-35-32-29-26-23-20-17-14-11-8-5-2/h7,10,16-21,25-30,34-39,42-45,63,66,100-102,106-107H,4-6,8-9,11-15,22-24,31-33,40-41,46-62,64-65,67-99H2,1-3H3,(H,111,112)(H,113,114)/b10-7-,19-16-,20-17-,21-18-,28-25-,29-26-,30-27-,37-34-,38-35-,39-36-,44-42-,45-43-,66-63-. The quantitative estimate of drug-likeness (QED) is 0.0146. The monoisotopic (exact) mass is 1760 g/mol. The first-order valence-corrected chi connectivity index (χ1v) is 52.8. The fourth-order valence-electron chi connectivity index (χ4n) is 13.7. The van der Waals surface area contributed by atoms with Gasteiger partial charge >= 0.3 is 33.6 Å². The molecule has 0 rings (SSSR count). The van der Waals surface area contributed by atoms with E-state index in [1.54, 1.807) is 0 Å². The van der Waals surface area contributed by atoms with Gasteiger partial charge < -0.3 is 34.2 Å². The highest BCUT2D eigenvalue weighted by molar-refractivity contribution is 7.47. The molecule has 5 unspecified atom stereocenters. The zero-order chi connectivity index (χ0) is 89.3. The molecule has 0 fully saturated rings. The number of rotatable bonds is 94. The molecule has 0 amide bonds. The summed E-state index contributed by atoms with van der Waals surface area (Å²) in [5.74, 6) is -1.57. The first-order chi connectivity index (χ1) is 60.2. The minimum Gasteiger partial charge on any atom is -0.463 e. The van der Waals surface area contributed by atoms with E-state index >= 15 is 0 Å². The molecular formula is C105H182O16P2. The van der Waals surface area contributed by atoms with Crippen molar-refractivity contribution in [2.24, 2.45) is 0 Å². The Hall–Kier alpha value is -4.83. The molecule has 0 saturated carbocycles. The Morgan fingerprint density at radius 1 is 0.236 bits per heavy atom. The topological polar surface area (TPSA) is 231 Å². The molecule has 0 aliphatic carbocycles. The number of carbonyl (C=O) groups excluding carboxylic acids is 3. The van der Waals surface area contributed by atoms with Gasteiger partial charge in [-0.15, -0.1) is 0 Å². The van der Waals surface area contributed by atoms with Crippen LogP contribution in [0.2, 0.25) is 0 Å². The summed E-state index contributed by atoms with van der Waals surface area (Å²) in [4.78, 5) is 59.1. The molecule has 123 heavy (non-hydrogen) atoms. The van der Waals surface area contributed by atoms with Gasteiger partial charge in [0.25, 0.3) is 0 Å². The minimum atomic E-state index is -4.95. The van der Waals surface area contributed by atoms with Crippen molar-refractivity contribution in [3.05, 3.63) is 158 Å². The zero-order valence-corrected chi connectivity index (χ0v) is 80.1. The Morgan fingerprint density at radius 3 is 0.683 bits per heavy atom. The summed E-state index contributed by atoms with van der Waals surface area (Å²) >= 11 is 0. The van der Waals surface area contributed by atoms with Gasteiger partial charge in [0.05, 0.1) is 26.4 Å². The second-order valence-corrected chi connectivity index (χ2v) is 36.1. The number of phosphoric ester groups is 2. The van der Waals surface area contributed by atoms with E-state index in [4.69, 9.17) is 32.3 Å². The zero-order valence-electron chi connectivity index (χ0n) is 78.3. The third-order valence-corrected chi connectivity index (χ3v) is 23.1. The summed E-state index contributed by atoms with van der Waals surface area (Å²) in [5, 5.41) is 20.8. The highest BCUT2D eigenvalue weighted by Gasteiger charge is 2.30. The number of unbranched alkanes of at least 4 members (excludes halogenated alkanes) is 45. The van der Waals surface area contributed by atoms with Crippen LogP contribution in [0.3, 0.4) is 0 Å². The van der Waals surface area contributed by atoms with Crippen molar-refractivity contribution in [1.82, 2.24) is 0 Å². The number of carbonyl (C=O) groups is 3. The lowest BCUT2D eigenvalue weighted by Gasteiger charge is -2.21. The third kappa shape index (κ3) is 97.6. The van der Waals surface area contributed by atoms with Gasteiger partial charge in [0.15, 0.2) is 6.10 Å². The van der Waals surface area contributed by atoms with Crippen LogP contribution in [0.5, 0.6) is 0 Å². The van der Waals surface area contributed by atoms with Crippen LogP contribution in [-0.2, 0) is 55.8 Å². The Labute approximate surface area is 752 Å². The molecule has 0 radical (unpaired) electrons. The number of aliphatic hydroxyl groups excluding tert-OH is 2. The lowest BCUT2D eigenvalue weighted by molar-refractivity contribution is -0.161. The smallest absolute Gasteiger partial charge is 0.463 e. The molecule has 0 spiro atoms. The molecule has 0 aliphatic heterocycles. The molecular weight excluding hydrogens is 1580 g/mol. The van der Waals surface area contributed by atoms with Gasteiger partial charge in [-0.1, -0.05) is 416 Å². The van der Waals surface area contributed by atoms with Crippen molar-refractivity contribution in [2.75, 3.05) is 39.6 Å². The van der Waals surface area contributed by atoms with Crippen LogP contribution in [0.25, 0.3) is 0 Å².